The summed E-state index contributed by atoms with van der Waals surface area (Å²) >= 11 is 3.54. The highest BCUT2D eigenvalue weighted by atomic mass is 79.9. The van der Waals surface area contributed by atoms with E-state index in [4.69, 9.17) is 4.98 Å². The molecule has 1 heterocycles. The van der Waals surface area contributed by atoms with Gasteiger partial charge in [0.25, 0.3) is 0 Å². The Balaban J connectivity index is 1.48. The third kappa shape index (κ3) is 2.47. The van der Waals surface area contributed by atoms with Gasteiger partial charge in [-0.1, -0.05) is 6.42 Å². The van der Waals surface area contributed by atoms with Crippen molar-refractivity contribution in [3.05, 3.63) is 16.5 Å². The van der Waals surface area contributed by atoms with Crippen molar-refractivity contribution in [2.45, 2.75) is 44.4 Å². The van der Waals surface area contributed by atoms with Crippen LogP contribution < -0.4 is 4.90 Å². The maximum absolute atomic E-state index is 4.78. The van der Waals surface area contributed by atoms with Gasteiger partial charge in [0.15, 0.2) is 0 Å². The van der Waals surface area contributed by atoms with E-state index in [2.05, 4.69) is 38.9 Å². The fourth-order valence-corrected chi connectivity index (χ4v) is 4.57. The van der Waals surface area contributed by atoms with Crippen LogP contribution in [0.4, 0.5) is 5.82 Å². The standard InChI is InChI=1S/C16H22BrN3/c1-20(9-13-7-10-2-3-12(13)6-10)15-8-14(17)18-16(19-15)11-4-5-11/h8,10-13H,2-7,9H2,1H3. The second-order valence-electron chi connectivity index (χ2n) is 7.00. The molecule has 3 fully saturated rings. The molecule has 20 heavy (non-hydrogen) atoms. The summed E-state index contributed by atoms with van der Waals surface area (Å²) in [6.07, 6.45) is 8.38. The van der Waals surface area contributed by atoms with Crippen molar-refractivity contribution >= 4 is 21.7 Å². The summed E-state index contributed by atoms with van der Waals surface area (Å²) in [5.74, 6) is 5.64. The molecule has 0 spiro atoms. The molecule has 4 rings (SSSR count). The van der Waals surface area contributed by atoms with Crippen LogP contribution in [0.3, 0.4) is 0 Å². The van der Waals surface area contributed by atoms with Crippen LogP contribution in [-0.2, 0) is 0 Å². The second-order valence-corrected chi connectivity index (χ2v) is 7.81. The fraction of sp³-hybridized carbons (Fsp3) is 0.750. The molecule has 0 aliphatic heterocycles. The molecule has 4 heteroatoms. The predicted octanol–water partition coefficient (Wildman–Crippen LogP) is 3.99. The molecule has 0 radical (unpaired) electrons. The van der Waals surface area contributed by atoms with E-state index in [0.717, 1.165) is 40.5 Å². The van der Waals surface area contributed by atoms with Crippen molar-refractivity contribution in [1.82, 2.24) is 9.97 Å². The Morgan fingerprint density at radius 3 is 2.70 bits per heavy atom. The summed E-state index contributed by atoms with van der Waals surface area (Å²) in [4.78, 5) is 11.7. The largest absolute Gasteiger partial charge is 0.359 e. The van der Waals surface area contributed by atoms with Crippen LogP contribution in [0.2, 0.25) is 0 Å². The van der Waals surface area contributed by atoms with Crippen LogP contribution in [0, 0.1) is 17.8 Å². The molecule has 2 bridgehead atoms. The molecule has 0 N–H and O–H groups in total. The number of anilines is 1. The van der Waals surface area contributed by atoms with Gasteiger partial charge in [-0.2, -0.15) is 0 Å². The minimum Gasteiger partial charge on any atom is -0.359 e. The number of rotatable bonds is 4. The van der Waals surface area contributed by atoms with Gasteiger partial charge in [-0.25, -0.2) is 9.97 Å². The fourth-order valence-electron chi connectivity index (χ4n) is 4.19. The zero-order valence-electron chi connectivity index (χ0n) is 12.1. The van der Waals surface area contributed by atoms with Gasteiger partial charge in [-0.15, -0.1) is 0 Å². The highest BCUT2D eigenvalue weighted by Gasteiger charge is 2.39. The minimum absolute atomic E-state index is 0.613. The van der Waals surface area contributed by atoms with E-state index < -0.39 is 0 Å². The molecule has 0 amide bonds. The molecule has 108 valence electrons. The summed E-state index contributed by atoms with van der Waals surface area (Å²) < 4.78 is 0.934. The zero-order valence-corrected chi connectivity index (χ0v) is 13.6. The molecule has 1 aromatic heterocycles. The molecule has 3 aliphatic rings. The van der Waals surface area contributed by atoms with Gasteiger partial charge in [0.2, 0.25) is 0 Å². The van der Waals surface area contributed by atoms with Crippen LogP contribution in [0.1, 0.15) is 50.3 Å². The topological polar surface area (TPSA) is 29.0 Å². The highest BCUT2D eigenvalue weighted by molar-refractivity contribution is 9.10. The first-order valence-electron chi connectivity index (χ1n) is 7.94. The predicted molar refractivity (Wildman–Crippen MR) is 83.9 cm³/mol. The number of hydrogen-bond acceptors (Lipinski definition) is 3. The maximum atomic E-state index is 4.78. The van der Waals surface area contributed by atoms with E-state index in [0.29, 0.717) is 5.92 Å². The molecule has 0 aromatic carbocycles. The summed E-state index contributed by atoms with van der Waals surface area (Å²) in [6.45, 7) is 1.16. The van der Waals surface area contributed by atoms with E-state index in [1.165, 1.54) is 38.5 Å². The molecule has 3 aliphatic carbocycles. The van der Waals surface area contributed by atoms with Crippen LogP contribution >= 0.6 is 15.9 Å². The van der Waals surface area contributed by atoms with Crippen molar-refractivity contribution in [3.63, 3.8) is 0 Å². The van der Waals surface area contributed by atoms with Gasteiger partial charge in [-0.3, -0.25) is 0 Å². The number of halogens is 1. The quantitative estimate of drug-likeness (QED) is 0.779. The van der Waals surface area contributed by atoms with Crippen molar-refractivity contribution in [2.24, 2.45) is 17.8 Å². The van der Waals surface area contributed by atoms with Gasteiger partial charge in [0.1, 0.15) is 16.2 Å². The average molecular weight is 336 g/mol. The van der Waals surface area contributed by atoms with Crippen LogP contribution in [0.5, 0.6) is 0 Å². The zero-order chi connectivity index (χ0) is 13.7. The van der Waals surface area contributed by atoms with Crippen LogP contribution in [-0.4, -0.2) is 23.6 Å². The Labute approximate surface area is 129 Å². The first-order chi connectivity index (χ1) is 9.69. The normalized spacial score (nSPS) is 31.8. The highest BCUT2D eigenvalue weighted by Crippen LogP contribution is 2.48. The summed E-state index contributed by atoms with van der Waals surface area (Å²) in [5, 5.41) is 0. The van der Waals surface area contributed by atoms with Crippen molar-refractivity contribution in [2.75, 3.05) is 18.5 Å². The smallest absolute Gasteiger partial charge is 0.135 e. The third-order valence-corrected chi connectivity index (χ3v) is 5.83. The summed E-state index contributed by atoms with van der Waals surface area (Å²) in [5.41, 5.74) is 0. The van der Waals surface area contributed by atoms with E-state index in [1.807, 2.05) is 0 Å². The SMILES string of the molecule is CN(CC1CC2CCC1C2)c1cc(Br)nc(C2CC2)n1. The number of hydrogen-bond donors (Lipinski definition) is 0. The summed E-state index contributed by atoms with van der Waals surface area (Å²) in [6, 6.07) is 2.07. The van der Waals surface area contributed by atoms with Gasteiger partial charge < -0.3 is 4.90 Å². The minimum atomic E-state index is 0.613. The monoisotopic (exact) mass is 335 g/mol. The number of nitrogens with zero attached hydrogens (tertiary/aromatic N) is 3. The molecule has 3 nitrogen and oxygen atoms in total. The molecule has 0 saturated heterocycles. The van der Waals surface area contributed by atoms with Gasteiger partial charge >= 0.3 is 0 Å². The number of aromatic nitrogens is 2. The Morgan fingerprint density at radius 2 is 2.05 bits per heavy atom. The lowest BCUT2D eigenvalue weighted by atomic mass is 9.88. The van der Waals surface area contributed by atoms with Gasteiger partial charge in [0, 0.05) is 25.6 Å². The van der Waals surface area contributed by atoms with Crippen LogP contribution in [0.25, 0.3) is 0 Å². The molecule has 3 atom stereocenters. The lowest BCUT2D eigenvalue weighted by Gasteiger charge is -2.28. The van der Waals surface area contributed by atoms with Crippen molar-refractivity contribution in [1.29, 1.82) is 0 Å². The van der Waals surface area contributed by atoms with Crippen molar-refractivity contribution in [3.8, 4) is 0 Å². The van der Waals surface area contributed by atoms with E-state index in [-0.39, 0.29) is 0 Å². The first-order valence-corrected chi connectivity index (χ1v) is 8.74. The van der Waals surface area contributed by atoms with Gasteiger partial charge in [0.05, 0.1) is 0 Å². The Bertz CT molecular complexity index is 514. The van der Waals surface area contributed by atoms with Crippen LogP contribution in [0.15, 0.2) is 10.7 Å². The van der Waals surface area contributed by atoms with E-state index in [9.17, 15) is 0 Å². The lowest BCUT2D eigenvalue weighted by Crippen LogP contribution is -2.29. The second kappa shape index (κ2) is 4.97. The van der Waals surface area contributed by atoms with E-state index in [1.54, 1.807) is 0 Å². The van der Waals surface area contributed by atoms with E-state index >= 15 is 0 Å². The molecule has 3 unspecified atom stereocenters. The first kappa shape index (κ1) is 13.1. The Morgan fingerprint density at radius 1 is 1.20 bits per heavy atom. The summed E-state index contributed by atoms with van der Waals surface area (Å²) in [7, 11) is 2.19. The molecular weight excluding hydrogens is 314 g/mol. The lowest BCUT2D eigenvalue weighted by molar-refractivity contribution is 0.337. The van der Waals surface area contributed by atoms with Gasteiger partial charge in [-0.05, 0) is 65.8 Å². The third-order valence-electron chi connectivity index (χ3n) is 5.43. The maximum Gasteiger partial charge on any atom is 0.135 e. The Hall–Kier alpha value is -0.640. The molecular formula is C16H22BrN3. The average Bonchev–Trinajstić information content (AvgIpc) is 3.09. The Kier molecular flexibility index (Phi) is 3.24. The molecule has 1 aromatic rings. The van der Waals surface area contributed by atoms with Crippen molar-refractivity contribution < 1.29 is 0 Å². The molecule has 3 saturated carbocycles. The number of fused-ring (bicyclic) bond motifs is 2.